The van der Waals surface area contributed by atoms with E-state index in [1.165, 1.54) is 18.4 Å². The summed E-state index contributed by atoms with van der Waals surface area (Å²) >= 11 is 0. The number of carbonyl (C=O) groups excluding carboxylic acids is 1. The Morgan fingerprint density at radius 1 is 1.19 bits per heavy atom. The maximum atomic E-state index is 14.4. The molecule has 2 heterocycles. The topological polar surface area (TPSA) is 87.1 Å². The second-order valence-electron chi connectivity index (χ2n) is 6.83. The van der Waals surface area contributed by atoms with Gasteiger partial charge in [-0.05, 0) is 48.5 Å². The summed E-state index contributed by atoms with van der Waals surface area (Å²) < 4.78 is 59.0. The van der Waals surface area contributed by atoms with Crippen molar-refractivity contribution in [2.75, 3.05) is 28.8 Å². The van der Waals surface area contributed by atoms with Gasteiger partial charge in [-0.25, -0.2) is 9.18 Å². The molecule has 11 heteroatoms. The van der Waals surface area contributed by atoms with Crippen molar-refractivity contribution in [3.05, 3.63) is 71.7 Å². The first kappa shape index (κ1) is 21.2. The molecule has 0 radical (unpaired) electrons. The van der Waals surface area contributed by atoms with Crippen molar-refractivity contribution in [3.8, 4) is 0 Å². The van der Waals surface area contributed by atoms with Crippen LogP contribution < -0.4 is 20.9 Å². The van der Waals surface area contributed by atoms with E-state index in [0.717, 1.165) is 5.56 Å². The van der Waals surface area contributed by atoms with Gasteiger partial charge in [-0.15, -0.1) is 0 Å². The Hall–Kier alpha value is -4.02. The lowest BCUT2D eigenvalue weighted by atomic mass is 10.1. The van der Waals surface area contributed by atoms with Crippen LogP contribution in [-0.4, -0.2) is 25.6 Å². The SMILES string of the molecule is CN=C1c2ccoc2NCN1c1ccc(N(C(N)=O)c2cc(C(F)(F)F)ccc2F)cc1. The lowest BCUT2D eigenvalue weighted by Crippen LogP contribution is -2.40. The van der Waals surface area contributed by atoms with Gasteiger partial charge in [-0.3, -0.25) is 9.89 Å². The van der Waals surface area contributed by atoms with Gasteiger partial charge in [0.1, 0.15) is 11.7 Å². The minimum Gasteiger partial charge on any atom is -0.448 e. The minimum absolute atomic E-state index is 0.100. The molecule has 0 saturated heterocycles. The molecule has 0 atom stereocenters. The highest BCUT2D eigenvalue weighted by Crippen LogP contribution is 2.36. The van der Waals surface area contributed by atoms with E-state index in [1.54, 1.807) is 25.2 Å². The molecule has 1 aromatic heterocycles. The fourth-order valence-corrected chi connectivity index (χ4v) is 3.48. The summed E-state index contributed by atoms with van der Waals surface area (Å²) in [5.41, 5.74) is 5.21. The number of aliphatic imine (C=N–C) groups is 1. The zero-order valence-electron chi connectivity index (χ0n) is 16.7. The van der Waals surface area contributed by atoms with Crippen LogP contribution >= 0.6 is 0 Å². The van der Waals surface area contributed by atoms with Gasteiger partial charge in [0, 0.05) is 12.7 Å². The summed E-state index contributed by atoms with van der Waals surface area (Å²) in [5, 5.41) is 3.10. The molecule has 0 spiro atoms. The molecule has 3 aromatic rings. The Morgan fingerprint density at radius 3 is 2.53 bits per heavy atom. The average molecular weight is 447 g/mol. The standard InChI is InChI=1S/C21H17F4N5O2/c1-27-18-15-8-9-32-19(15)28-11-29(18)13-3-5-14(6-4-13)30(20(26)31)17-10-12(21(23,24)25)2-7-16(17)22/h2-10,28H,11H2,1H3,(H2,26,31). The minimum atomic E-state index is -4.71. The van der Waals surface area contributed by atoms with E-state index in [0.29, 0.717) is 47.2 Å². The number of primary amides is 1. The summed E-state index contributed by atoms with van der Waals surface area (Å²) in [6.07, 6.45) is -3.18. The van der Waals surface area contributed by atoms with Crippen LogP contribution in [0.1, 0.15) is 11.1 Å². The molecule has 166 valence electrons. The van der Waals surface area contributed by atoms with E-state index in [2.05, 4.69) is 10.3 Å². The van der Waals surface area contributed by atoms with Crippen molar-refractivity contribution in [3.63, 3.8) is 0 Å². The van der Waals surface area contributed by atoms with Crippen LogP contribution in [0, 0.1) is 5.82 Å². The van der Waals surface area contributed by atoms with Crippen molar-refractivity contribution in [1.29, 1.82) is 0 Å². The number of fused-ring (bicyclic) bond motifs is 1. The first-order valence-electron chi connectivity index (χ1n) is 9.33. The first-order chi connectivity index (χ1) is 15.2. The van der Waals surface area contributed by atoms with Gasteiger partial charge in [0.05, 0.1) is 35.4 Å². The molecule has 0 aliphatic carbocycles. The molecule has 0 saturated carbocycles. The van der Waals surface area contributed by atoms with E-state index in [1.807, 2.05) is 4.90 Å². The molecule has 0 unspecified atom stereocenters. The smallest absolute Gasteiger partial charge is 0.416 e. The van der Waals surface area contributed by atoms with Crippen LogP contribution in [0.3, 0.4) is 0 Å². The summed E-state index contributed by atoms with van der Waals surface area (Å²) in [4.78, 5) is 18.9. The molecule has 2 aromatic carbocycles. The normalized spacial score (nSPS) is 14.8. The van der Waals surface area contributed by atoms with E-state index in [-0.39, 0.29) is 5.69 Å². The largest absolute Gasteiger partial charge is 0.448 e. The van der Waals surface area contributed by atoms with Gasteiger partial charge in [-0.2, -0.15) is 13.2 Å². The monoisotopic (exact) mass is 447 g/mol. The fourth-order valence-electron chi connectivity index (χ4n) is 3.48. The number of alkyl halides is 3. The quantitative estimate of drug-likeness (QED) is 0.558. The van der Waals surface area contributed by atoms with Crippen LogP contribution in [0.5, 0.6) is 0 Å². The predicted molar refractivity (Wildman–Crippen MR) is 112 cm³/mol. The second kappa shape index (κ2) is 7.91. The van der Waals surface area contributed by atoms with Crippen LogP contribution in [-0.2, 0) is 6.18 Å². The number of nitrogens with two attached hydrogens (primary N) is 1. The van der Waals surface area contributed by atoms with Gasteiger partial charge in [0.25, 0.3) is 0 Å². The Kier molecular flexibility index (Phi) is 5.25. The maximum absolute atomic E-state index is 14.4. The number of benzene rings is 2. The number of rotatable bonds is 3. The number of urea groups is 1. The molecule has 2 amide bonds. The number of hydrogen-bond donors (Lipinski definition) is 2. The van der Waals surface area contributed by atoms with Gasteiger partial charge in [-0.1, -0.05) is 0 Å². The molecule has 1 aliphatic rings. The summed E-state index contributed by atoms with van der Waals surface area (Å²) in [6, 6.07) is 8.57. The molecule has 0 fully saturated rings. The number of anilines is 4. The predicted octanol–water partition coefficient (Wildman–Crippen LogP) is 4.92. The molecule has 0 bridgehead atoms. The highest BCUT2D eigenvalue weighted by Gasteiger charge is 2.33. The fraction of sp³-hybridized carbons (Fsp3) is 0.143. The van der Waals surface area contributed by atoms with Crippen LogP contribution in [0.15, 0.2) is 64.2 Å². The number of hydrogen-bond acceptors (Lipinski definition) is 4. The molecule has 4 rings (SSSR count). The Bertz CT molecular complexity index is 1190. The number of amides is 2. The van der Waals surface area contributed by atoms with Gasteiger partial charge in [0.2, 0.25) is 5.88 Å². The Morgan fingerprint density at radius 2 is 1.91 bits per heavy atom. The zero-order valence-corrected chi connectivity index (χ0v) is 16.7. The van der Waals surface area contributed by atoms with Crippen LogP contribution in [0.4, 0.5) is 45.3 Å². The van der Waals surface area contributed by atoms with Crippen molar-refractivity contribution in [2.45, 2.75) is 6.18 Å². The third-order valence-corrected chi connectivity index (χ3v) is 4.93. The van der Waals surface area contributed by atoms with Crippen LogP contribution in [0.2, 0.25) is 0 Å². The number of amidine groups is 1. The first-order valence-corrected chi connectivity index (χ1v) is 9.33. The third kappa shape index (κ3) is 3.72. The lowest BCUT2D eigenvalue weighted by Gasteiger charge is -2.30. The number of nitrogens with one attached hydrogen (secondary N) is 1. The Labute approximate surface area is 179 Å². The molecule has 3 N–H and O–H groups in total. The van der Waals surface area contributed by atoms with Crippen molar-refractivity contribution in [2.24, 2.45) is 10.7 Å². The van der Waals surface area contributed by atoms with E-state index in [4.69, 9.17) is 10.2 Å². The van der Waals surface area contributed by atoms with Crippen LogP contribution in [0.25, 0.3) is 0 Å². The van der Waals surface area contributed by atoms with Gasteiger partial charge >= 0.3 is 12.2 Å². The summed E-state index contributed by atoms with van der Waals surface area (Å²) in [7, 11) is 1.63. The second-order valence-corrected chi connectivity index (χ2v) is 6.83. The van der Waals surface area contributed by atoms with Crippen molar-refractivity contribution in [1.82, 2.24) is 0 Å². The molecule has 32 heavy (non-hydrogen) atoms. The van der Waals surface area contributed by atoms with Crippen molar-refractivity contribution >= 4 is 34.8 Å². The number of carbonyl (C=O) groups is 1. The third-order valence-electron chi connectivity index (χ3n) is 4.93. The van der Waals surface area contributed by atoms with Crippen molar-refractivity contribution < 1.29 is 26.8 Å². The van der Waals surface area contributed by atoms with E-state index >= 15 is 0 Å². The average Bonchev–Trinajstić information content (AvgIpc) is 3.23. The van der Waals surface area contributed by atoms with E-state index in [9.17, 15) is 22.4 Å². The molecule has 7 nitrogen and oxygen atoms in total. The van der Waals surface area contributed by atoms with Gasteiger partial charge < -0.3 is 20.4 Å². The Balaban J connectivity index is 1.69. The summed E-state index contributed by atoms with van der Waals surface area (Å²) in [6.45, 7) is 0.342. The summed E-state index contributed by atoms with van der Waals surface area (Å²) in [5.74, 6) is 0.198. The van der Waals surface area contributed by atoms with E-state index < -0.39 is 29.3 Å². The maximum Gasteiger partial charge on any atom is 0.416 e. The highest BCUT2D eigenvalue weighted by molar-refractivity contribution is 6.14. The molecular formula is C21H17F4N5O2. The zero-order chi connectivity index (χ0) is 23.0. The van der Waals surface area contributed by atoms with Gasteiger partial charge in [0.15, 0.2) is 0 Å². The lowest BCUT2D eigenvalue weighted by molar-refractivity contribution is -0.137. The number of halogens is 4. The number of nitrogens with zero attached hydrogens (tertiary/aromatic N) is 3. The number of furan rings is 1. The molecular weight excluding hydrogens is 430 g/mol. The molecule has 1 aliphatic heterocycles. The highest BCUT2D eigenvalue weighted by atomic mass is 19.4.